The van der Waals surface area contributed by atoms with E-state index < -0.39 is 9.84 Å². The Morgan fingerprint density at radius 1 is 1.35 bits per heavy atom. The standard InChI is InChI=1S/C11H15ClO3S2/c1-9(8-13)16-6-7-17(14,15)11-4-2-10(12)3-5-11/h2-5,9,13H,6-8H2,1H3. The van der Waals surface area contributed by atoms with Crippen molar-refractivity contribution < 1.29 is 13.5 Å². The molecule has 3 nitrogen and oxygen atoms in total. The minimum absolute atomic E-state index is 0.0612. The summed E-state index contributed by atoms with van der Waals surface area (Å²) in [4.78, 5) is 0.291. The molecule has 0 radical (unpaired) electrons. The summed E-state index contributed by atoms with van der Waals surface area (Å²) < 4.78 is 23.8. The van der Waals surface area contributed by atoms with Gasteiger partial charge in [-0.2, -0.15) is 11.8 Å². The van der Waals surface area contributed by atoms with Gasteiger partial charge in [0.2, 0.25) is 0 Å². The number of sulfone groups is 1. The van der Waals surface area contributed by atoms with Crippen LogP contribution in [0.25, 0.3) is 0 Å². The second-order valence-electron chi connectivity index (χ2n) is 3.64. The Morgan fingerprint density at radius 3 is 2.47 bits per heavy atom. The van der Waals surface area contributed by atoms with E-state index >= 15 is 0 Å². The highest BCUT2D eigenvalue weighted by Gasteiger charge is 2.14. The smallest absolute Gasteiger partial charge is 0.179 e. The lowest BCUT2D eigenvalue weighted by atomic mass is 10.4. The summed E-state index contributed by atoms with van der Waals surface area (Å²) in [5.74, 6) is 0.552. The predicted octanol–water partition coefficient (Wildman–Crippen LogP) is 2.23. The summed E-state index contributed by atoms with van der Waals surface area (Å²) in [6.07, 6.45) is 0. The number of thioether (sulfide) groups is 1. The quantitative estimate of drug-likeness (QED) is 0.874. The molecular formula is C11H15ClO3S2. The fourth-order valence-corrected chi connectivity index (χ4v) is 3.85. The van der Waals surface area contributed by atoms with Crippen molar-refractivity contribution in [2.75, 3.05) is 18.1 Å². The highest BCUT2D eigenvalue weighted by molar-refractivity contribution is 8.01. The van der Waals surface area contributed by atoms with E-state index in [1.54, 1.807) is 12.1 Å². The molecular weight excluding hydrogens is 280 g/mol. The number of hydrogen-bond acceptors (Lipinski definition) is 4. The Kier molecular flexibility index (Phi) is 5.79. The van der Waals surface area contributed by atoms with Crippen molar-refractivity contribution in [3.8, 4) is 0 Å². The molecule has 0 heterocycles. The van der Waals surface area contributed by atoms with Crippen LogP contribution in [0.2, 0.25) is 5.02 Å². The first-order valence-electron chi connectivity index (χ1n) is 5.16. The van der Waals surface area contributed by atoms with Crippen LogP contribution < -0.4 is 0 Å². The van der Waals surface area contributed by atoms with E-state index in [2.05, 4.69) is 0 Å². The lowest BCUT2D eigenvalue weighted by Crippen LogP contribution is -2.12. The van der Waals surface area contributed by atoms with Gasteiger partial charge in [-0.25, -0.2) is 8.42 Å². The molecule has 1 aromatic rings. The summed E-state index contributed by atoms with van der Waals surface area (Å²) >= 11 is 7.15. The highest BCUT2D eigenvalue weighted by Crippen LogP contribution is 2.17. The number of aliphatic hydroxyl groups is 1. The lowest BCUT2D eigenvalue weighted by Gasteiger charge is -2.08. The van der Waals surface area contributed by atoms with Gasteiger partial charge in [-0.05, 0) is 24.3 Å². The van der Waals surface area contributed by atoms with Crippen molar-refractivity contribution >= 4 is 33.2 Å². The molecule has 0 fully saturated rings. The second kappa shape index (κ2) is 6.64. The molecule has 1 rings (SSSR count). The first-order valence-corrected chi connectivity index (χ1v) is 8.24. The topological polar surface area (TPSA) is 54.4 Å². The molecule has 0 aromatic heterocycles. The first-order chi connectivity index (χ1) is 7.95. The molecule has 96 valence electrons. The van der Waals surface area contributed by atoms with Gasteiger partial charge in [0.15, 0.2) is 9.84 Å². The van der Waals surface area contributed by atoms with E-state index in [0.717, 1.165) is 0 Å². The van der Waals surface area contributed by atoms with Gasteiger partial charge in [-0.3, -0.25) is 0 Å². The molecule has 0 aliphatic heterocycles. The van der Waals surface area contributed by atoms with Crippen LogP contribution in [0.15, 0.2) is 29.2 Å². The van der Waals surface area contributed by atoms with Crippen molar-refractivity contribution in [3.05, 3.63) is 29.3 Å². The molecule has 0 amide bonds. The molecule has 1 N–H and O–H groups in total. The first kappa shape index (κ1) is 14.8. The maximum Gasteiger partial charge on any atom is 0.179 e. The molecule has 0 spiro atoms. The summed E-state index contributed by atoms with van der Waals surface area (Å²) in [6, 6.07) is 6.16. The largest absolute Gasteiger partial charge is 0.395 e. The lowest BCUT2D eigenvalue weighted by molar-refractivity contribution is 0.300. The Bertz CT molecular complexity index is 442. The van der Waals surface area contributed by atoms with Crippen LogP contribution in [-0.2, 0) is 9.84 Å². The van der Waals surface area contributed by atoms with Crippen LogP contribution in [0.5, 0.6) is 0 Å². The van der Waals surface area contributed by atoms with Gasteiger partial charge in [0, 0.05) is 16.0 Å². The van der Waals surface area contributed by atoms with E-state index in [-0.39, 0.29) is 17.6 Å². The van der Waals surface area contributed by atoms with Gasteiger partial charge in [-0.15, -0.1) is 0 Å². The summed E-state index contributed by atoms with van der Waals surface area (Å²) in [7, 11) is -3.24. The molecule has 0 aliphatic rings. The Hall–Kier alpha value is -0.230. The van der Waals surface area contributed by atoms with Crippen molar-refractivity contribution in [1.29, 1.82) is 0 Å². The van der Waals surface area contributed by atoms with Crippen molar-refractivity contribution in [2.24, 2.45) is 0 Å². The molecule has 1 aromatic carbocycles. The third-order valence-corrected chi connectivity index (χ3v) is 5.58. The van der Waals surface area contributed by atoms with E-state index in [4.69, 9.17) is 16.7 Å². The zero-order valence-corrected chi connectivity index (χ0v) is 11.9. The number of halogens is 1. The van der Waals surface area contributed by atoms with Crippen molar-refractivity contribution in [1.82, 2.24) is 0 Å². The third-order valence-electron chi connectivity index (χ3n) is 2.18. The number of hydrogen-bond donors (Lipinski definition) is 1. The predicted molar refractivity (Wildman–Crippen MR) is 72.5 cm³/mol. The average molecular weight is 295 g/mol. The third kappa shape index (κ3) is 4.87. The van der Waals surface area contributed by atoms with Crippen LogP contribution >= 0.6 is 23.4 Å². The highest BCUT2D eigenvalue weighted by atomic mass is 35.5. The molecule has 1 atom stereocenters. The van der Waals surface area contributed by atoms with E-state index in [9.17, 15) is 8.42 Å². The fourth-order valence-electron chi connectivity index (χ4n) is 1.17. The SMILES string of the molecule is CC(CO)SCCS(=O)(=O)c1ccc(Cl)cc1. The monoisotopic (exact) mass is 294 g/mol. The molecule has 0 saturated carbocycles. The van der Waals surface area contributed by atoms with Gasteiger partial charge in [0.1, 0.15) is 0 Å². The van der Waals surface area contributed by atoms with E-state index in [0.29, 0.717) is 15.7 Å². The van der Waals surface area contributed by atoms with Gasteiger partial charge in [0.05, 0.1) is 17.3 Å². The normalized spacial score (nSPS) is 13.6. The maximum absolute atomic E-state index is 11.9. The molecule has 17 heavy (non-hydrogen) atoms. The zero-order chi connectivity index (χ0) is 12.9. The molecule has 1 unspecified atom stereocenters. The molecule has 0 bridgehead atoms. The Labute approximate surface area is 111 Å². The molecule has 6 heteroatoms. The number of rotatable bonds is 6. The van der Waals surface area contributed by atoms with Crippen molar-refractivity contribution in [2.45, 2.75) is 17.1 Å². The van der Waals surface area contributed by atoms with Crippen LogP contribution in [0, 0.1) is 0 Å². The minimum atomic E-state index is -3.24. The molecule has 0 saturated heterocycles. The van der Waals surface area contributed by atoms with Crippen LogP contribution in [0.3, 0.4) is 0 Å². The summed E-state index contributed by atoms with van der Waals surface area (Å²) in [6.45, 7) is 1.92. The zero-order valence-electron chi connectivity index (χ0n) is 9.47. The maximum atomic E-state index is 11.9. The minimum Gasteiger partial charge on any atom is -0.395 e. The van der Waals surface area contributed by atoms with Gasteiger partial charge < -0.3 is 5.11 Å². The Balaban J connectivity index is 2.60. The molecule has 0 aliphatic carbocycles. The summed E-state index contributed by atoms with van der Waals surface area (Å²) in [5, 5.41) is 9.41. The van der Waals surface area contributed by atoms with Crippen molar-refractivity contribution in [3.63, 3.8) is 0 Å². The van der Waals surface area contributed by atoms with Gasteiger partial charge in [-0.1, -0.05) is 18.5 Å². The van der Waals surface area contributed by atoms with Crippen LogP contribution in [0.1, 0.15) is 6.92 Å². The second-order valence-corrected chi connectivity index (χ2v) is 7.73. The Morgan fingerprint density at radius 2 is 1.94 bits per heavy atom. The van der Waals surface area contributed by atoms with Crippen LogP contribution in [-0.4, -0.2) is 36.9 Å². The van der Waals surface area contributed by atoms with E-state index in [1.807, 2.05) is 6.92 Å². The number of aliphatic hydroxyl groups excluding tert-OH is 1. The fraction of sp³-hybridized carbons (Fsp3) is 0.455. The van der Waals surface area contributed by atoms with Gasteiger partial charge in [0.25, 0.3) is 0 Å². The van der Waals surface area contributed by atoms with E-state index in [1.165, 1.54) is 23.9 Å². The number of benzene rings is 1. The summed E-state index contributed by atoms with van der Waals surface area (Å²) in [5.41, 5.74) is 0. The van der Waals surface area contributed by atoms with Gasteiger partial charge >= 0.3 is 0 Å². The average Bonchev–Trinajstić information content (AvgIpc) is 2.29. The van der Waals surface area contributed by atoms with Crippen LogP contribution in [0.4, 0.5) is 0 Å².